The van der Waals surface area contributed by atoms with Crippen molar-refractivity contribution in [3.8, 4) is 67.1 Å². The number of hydrogen-bond acceptors (Lipinski definition) is 12. The number of aryl methyl sites for hydroxylation is 1. The van der Waals surface area contributed by atoms with Crippen molar-refractivity contribution >= 4 is 34.0 Å². The molecule has 0 unspecified atom stereocenters. The number of halogens is 5. The zero-order chi connectivity index (χ0) is 68.2. The first-order valence-corrected chi connectivity index (χ1v) is 29.7. The Bertz CT molecular complexity index is 4220. The van der Waals surface area contributed by atoms with Gasteiger partial charge in [0.1, 0.15) is 11.5 Å². The number of hydrogen-bond donors (Lipinski definition) is 2. The molecule has 101 heavy (non-hydrogen) atoms. The molecule has 0 aliphatic rings. The minimum atomic E-state index is -4.32. The standard InChI is InChI=1S/C13H8NO.C12H7F3N.C12H8F2N.2C11H8N.C9H6NS.2C5H8O2.5Ir.Pt/c1-2-6-10(7-3-1)13-14-11-8-4-5-9-12(11)15-13;13-12(14,15)10-6-4-9(5-7-10)11-3-1-2-8-16-11;1-8-4-5-15-12(6-8)10-3-2-9(13)7-11(10)14;2*1-2-6-10(7-3-1)11-8-4-5-9-12-11;1-2-6-10-8(4-1)9-5-3-7-11-9;2*1-4(6)3-5(2)7;;;;;;/h1-6,8-9H;1-4,6-8H;2,4-7H,1H3;2*1-6,8-9H;1-4,6-7H;2*3,6H,1-2H3;;;;;;/q6*-1;;;;;;;;. The molecule has 13 aromatic rings. The molecule has 0 atom stereocenters. The van der Waals surface area contributed by atoms with Crippen LogP contribution < -0.4 is 0 Å². The van der Waals surface area contributed by atoms with Crippen LogP contribution in [-0.2, 0) is 137 Å². The van der Waals surface area contributed by atoms with Crippen LogP contribution in [-0.4, -0.2) is 51.7 Å². The van der Waals surface area contributed by atoms with Crippen molar-refractivity contribution in [3.05, 3.63) is 338 Å². The van der Waals surface area contributed by atoms with Gasteiger partial charge in [-0.05, 0) is 111 Å². The zero-order valence-corrected chi connectivity index (χ0v) is 69.1. The van der Waals surface area contributed by atoms with Gasteiger partial charge in [0.25, 0.3) is 0 Å². The number of aromatic nitrogens is 6. The largest absolute Gasteiger partial charge is 0.512 e. The molecule has 13 rings (SSSR count). The molecule has 0 saturated carbocycles. The van der Waals surface area contributed by atoms with Crippen LogP contribution in [0.4, 0.5) is 22.0 Å². The van der Waals surface area contributed by atoms with Crippen molar-refractivity contribution in [1.29, 1.82) is 0 Å². The summed E-state index contributed by atoms with van der Waals surface area (Å²) in [6.45, 7) is 7.58. The van der Waals surface area contributed by atoms with Gasteiger partial charge in [0, 0.05) is 176 Å². The molecule has 5 radical (unpaired) electrons. The van der Waals surface area contributed by atoms with Gasteiger partial charge in [-0.2, -0.15) is 25.3 Å². The van der Waals surface area contributed by atoms with E-state index in [2.05, 4.69) is 66.3 Å². The normalized spacial score (nSPS) is 9.88. The molecule has 0 saturated heterocycles. The molecule has 7 heterocycles. The first-order valence-electron chi connectivity index (χ1n) is 28.8. The number of allylic oxidation sites excluding steroid dienone is 4. The third-order valence-electron chi connectivity index (χ3n) is 11.8. The van der Waals surface area contributed by atoms with Crippen molar-refractivity contribution in [2.75, 3.05) is 0 Å². The number of fused-ring (bicyclic) bond motifs is 1. The van der Waals surface area contributed by atoms with E-state index in [4.69, 9.17) is 14.6 Å². The molecule has 6 aromatic carbocycles. The van der Waals surface area contributed by atoms with Crippen LogP contribution in [0.15, 0.2) is 283 Å². The van der Waals surface area contributed by atoms with Gasteiger partial charge in [0.15, 0.2) is 11.6 Å². The number of alkyl halides is 3. The molecule has 0 bridgehead atoms. The third-order valence-corrected chi connectivity index (χ3v) is 12.7. The Morgan fingerprint density at radius 3 is 1.29 bits per heavy atom. The van der Waals surface area contributed by atoms with E-state index in [1.54, 1.807) is 66.6 Å². The van der Waals surface area contributed by atoms with E-state index in [1.165, 1.54) is 45.9 Å². The van der Waals surface area contributed by atoms with E-state index < -0.39 is 23.4 Å². The predicted octanol–water partition coefficient (Wildman–Crippen LogP) is 19.8. The minimum absolute atomic E-state index is 0. The summed E-state index contributed by atoms with van der Waals surface area (Å²) < 4.78 is 68.5. The van der Waals surface area contributed by atoms with E-state index in [-0.39, 0.29) is 150 Å². The number of aliphatic hydroxyl groups excluding tert-OH is 2. The fourth-order valence-electron chi connectivity index (χ4n) is 7.73. The van der Waals surface area contributed by atoms with Crippen LogP contribution in [0, 0.1) is 55.0 Å². The second kappa shape index (κ2) is 51.4. The maximum atomic E-state index is 13.4. The molecule has 7 aromatic heterocycles. The van der Waals surface area contributed by atoms with Gasteiger partial charge >= 0.3 is 6.18 Å². The second-order valence-corrected chi connectivity index (χ2v) is 20.5. The summed E-state index contributed by atoms with van der Waals surface area (Å²) in [5, 5.41) is 18.7. The van der Waals surface area contributed by atoms with Gasteiger partial charge in [-0.1, -0.05) is 94.4 Å². The molecule has 535 valence electrons. The number of thiophene rings is 1. The number of para-hydroxylation sites is 2. The summed E-state index contributed by atoms with van der Waals surface area (Å²) in [6.07, 6.45) is 6.55. The monoisotopic (exact) mass is 2450 g/mol. The topological polar surface area (TPSA) is 165 Å². The SMILES string of the molecule is CC(=O)C=C(C)O.CC(=O)C=C(C)O.Cc1ccnc(-c2[c-]cc(F)cc2F)c1.FC(F)(F)c1c[c-]c(-c2ccccn2)cc1.[Ir].[Ir].[Ir].[Ir].[Ir].[Pt].[c-]1ccccc1-c1ccccn1.[c-]1ccccc1-c1ccccn1.[c-]1ccccc1-c1nc2ccccc2o1.[c-]1ccsc1-c1ccccn1. The Morgan fingerprint density at radius 2 is 0.921 bits per heavy atom. The van der Waals surface area contributed by atoms with Crippen molar-refractivity contribution in [2.24, 2.45) is 0 Å². The quantitative estimate of drug-likeness (QED) is 0.0644. The van der Waals surface area contributed by atoms with Gasteiger partial charge in [-0.3, -0.25) is 23.4 Å². The van der Waals surface area contributed by atoms with Gasteiger partial charge in [0.2, 0.25) is 0 Å². The van der Waals surface area contributed by atoms with Crippen LogP contribution in [0.25, 0.3) is 78.2 Å². The Hall–Kier alpha value is -7.75. The minimum Gasteiger partial charge on any atom is -0.512 e. The van der Waals surface area contributed by atoms with Crippen LogP contribution in [0.2, 0.25) is 0 Å². The zero-order valence-electron chi connectivity index (χ0n) is 54.0. The molecular formula is C78H61F5Ir5N6O5PtS-6. The number of benzene rings is 6. The number of carbonyl (C=O) groups is 2. The van der Waals surface area contributed by atoms with Crippen molar-refractivity contribution < 1.29 is 168 Å². The summed E-state index contributed by atoms with van der Waals surface area (Å²) in [5.74, 6) is -0.784. The van der Waals surface area contributed by atoms with Crippen molar-refractivity contribution in [2.45, 2.75) is 40.8 Å². The average Bonchev–Trinajstić information content (AvgIpc) is 1.21. The molecule has 0 fully saturated rings. The number of pyridine rings is 5. The van der Waals surface area contributed by atoms with Gasteiger partial charge in [-0.15, -0.1) is 149 Å². The fourth-order valence-corrected chi connectivity index (χ4v) is 8.38. The summed E-state index contributed by atoms with van der Waals surface area (Å²) in [4.78, 5) is 46.2. The average molecular weight is 2450 g/mol. The Labute approximate surface area is 670 Å². The molecule has 0 aliphatic heterocycles. The van der Waals surface area contributed by atoms with Gasteiger partial charge in [0.05, 0.1) is 17.0 Å². The maximum absolute atomic E-state index is 13.4. The van der Waals surface area contributed by atoms with Crippen LogP contribution >= 0.6 is 11.3 Å². The van der Waals surface area contributed by atoms with Gasteiger partial charge in [-0.25, -0.2) is 11.3 Å². The number of carbonyl (C=O) groups excluding carboxylic acids is 2. The molecular weight excluding hydrogens is 2380 g/mol. The molecule has 11 nitrogen and oxygen atoms in total. The summed E-state index contributed by atoms with van der Waals surface area (Å²) in [7, 11) is 0. The third kappa shape index (κ3) is 35.6. The first kappa shape index (κ1) is 93.2. The van der Waals surface area contributed by atoms with E-state index in [9.17, 15) is 31.5 Å². The Morgan fingerprint density at radius 1 is 0.475 bits per heavy atom. The van der Waals surface area contributed by atoms with Crippen molar-refractivity contribution in [1.82, 2.24) is 29.9 Å². The summed E-state index contributed by atoms with van der Waals surface area (Å²) >= 11 is 1.66. The van der Waals surface area contributed by atoms with Gasteiger partial charge < -0.3 is 39.6 Å². The molecule has 0 aliphatic carbocycles. The predicted molar refractivity (Wildman–Crippen MR) is 362 cm³/mol. The van der Waals surface area contributed by atoms with Crippen LogP contribution in [0.3, 0.4) is 0 Å². The van der Waals surface area contributed by atoms with E-state index in [0.29, 0.717) is 22.8 Å². The summed E-state index contributed by atoms with van der Waals surface area (Å²) in [5.41, 5.74) is 9.68. The van der Waals surface area contributed by atoms with E-state index in [0.717, 1.165) is 79.6 Å². The first-order chi connectivity index (χ1) is 45.8. The number of oxazole rings is 1. The maximum Gasteiger partial charge on any atom is 0.381 e. The van der Waals surface area contributed by atoms with E-state index >= 15 is 0 Å². The number of rotatable bonds is 8. The number of aliphatic hydroxyl groups is 2. The Balaban J connectivity index is 0.00000114. The molecule has 23 heteroatoms. The number of nitrogens with zero attached hydrogens (tertiary/aromatic N) is 6. The summed E-state index contributed by atoms with van der Waals surface area (Å²) in [6, 6.07) is 82.2. The second-order valence-electron chi connectivity index (χ2n) is 19.6. The fraction of sp³-hybridized carbons (Fsp3) is 0.0769. The molecule has 0 amide bonds. The molecule has 0 spiro atoms. The Kier molecular flexibility index (Phi) is 47.4. The number of ketones is 2. The smallest absolute Gasteiger partial charge is 0.381 e. The van der Waals surface area contributed by atoms with E-state index in [1.807, 2.05) is 176 Å². The van der Waals surface area contributed by atoms with Crippen LogP contribution in [0.5, 0.6) is 0 Å². The van der Waals surface area contributed by atoms with Crippen molar-refractivity contribution in [3.63, 3.8) is 0 Å². The molecule has 2 N–H and O–H groups in total. The van der Waals surface area contributed by atoms with Crippen LogP contribution in [0.1, 0.15) is 38.8 Å².